The highest BCUT2D eigenvalue weighted by molar-refractivity contribution is 6.07. The number of methoxy groups -OCH3 is 1. The van der Waals surface area contributed by atoms with E-state index in [0.29, 0.717) is 18.0 Å². The van der Waals surface area contributed by atoms with E-state index in [4.69, 9.17) is 9.47 Å². The zero-order valence-electron chi connectivity index (χ0n) is 13.8. The molecule has 0 unspecified atom stereocenters. The van der Waals surface area contributed by atoms with Gasteiger partial charge in [0.2, 0.25) is 0 Å². The summed E-state index contributed by atoms with van der Waals surface area (Å²) in [6.07, 6.45) is 3.07. The lowest BCUT2D eigenvalue weighted by Gasteiger charge is -2.03. The van der Waals surface area contributed by atoms with Gasteiger partial charge in [-0.1, -0.05) is 42.0 Å². The third-order valence-corrected chi connectivity index (χ3v) is 3.77. The van der Waals surface area contributed by atoms with Crippen LogP contribution in [0, 0.1) is 6.92 Å². The number of cyclic esters (lactones) is 1. The van der Waals surface area contributed by atoms with Crippen LogP contribution in [0.2, 0.25) is 0 Å². The van der Waals surface area contributed by atoms with E-state index in [1.165, 1.54) is 0 Å². The molecule has 2 aromatic carbocycles. The van der Waals surface area contributed by atoms with Gasteiger partial charge in [-0.05, 0) is 42.7 Å². The maximum atomic E-state index is 12.0. The van der Waals surface area contributed by atoms with Crippen LogP contribution in [0.3, 0.4) is 0 Å². The Morgan fingerprint density at radius 2 is 1.96 bits per heavy atom. The van der Waals surface area contributed by atoms with Crippen LogP contribution in [-0.4, -0.2) is 19.0 Å². The predicted octanol–water partition coefficient (Wildman–Crippen LogP) is 3.93. The van der Waals surface area contributed by atoms with Crippen LogP contribution in [-0.2, 0) is 16.0 Å². The Morgan fingerprint density at radius 3 is 2.75 bits per heavy atom. The van der Waals surface area contributed by atoms with Crippen molar-refractivity contribution in [1.29, 1.82) is 0 Å². The Bertz CT molecular complexity index is 821. The van der Waals surface area contributed by atoms with Gasteiger partial charge in [-0.2, -0.15) is 0 Å². The zero-order chi connectivity index (χ0) is 16.9. The Morgan fingerprint density at radius 1 is 1.12 bits per heavy atom. The summed E-state index contributed by atoms with van der Waals surface area (Å²) in [4.78, 5) is 16.3. The molecule has 4 nitrogen and oxygen atoms in total. The van der Waals surface area contributed by atoms with E-state index in [0.717, 1.165) is 28.9 Å². The number of carbonyl (C=O) groups excluding carboxylic acids is 1. The number of rotatable bonds is 5. The SMILES string of the molecule is COc1cccc(CCC2=N/C(=C/c3cccc(C)c3)C(=O)O2)c1. The van der Waals surface area contributed by atoms with Gasteiger partial charge in [0.05, 0.1) is 7.11 Å². The second-order valence-electron chi connectivity index (χ2n) is 5.69. The van der Waals surface area contributed by atoms with Crippen molar-refractivity contribution in [2.75, 3.05) is 7.11 Å². The number of aliphatic imine (C=N–C) groups is 1. The first-order chi connectivity index (χ1) is 11.6. The van der Waals surface area contributed by atoms with Crippen molar-refractivity contribution in [3.63, 3.8) is 0 Å². The van der Waals surface area contributed by atoms with Gasteiger partial charge in [0.1, 0.15) is 5.75 Å². The number of esters is 1. The Balaban J connectivity index is 1.70. The van der Waals surface area contributed by atoms with Gasteiger partial charge >= 0.3 is 5.97 Å². The summed E-state index contributed by atoms with van der Waals surface area (Å²) < 4.78 is 10.5. The van der Waals surface area contributed by atoms with Crippen molar-refractivity contribution < 1.29 is 14.3 Å². The molecule has 4 heteroatoms. The van der Waals surface area contributed by atoms with Crippen LogP contribution in [0.1, 0.15) is 23.1 Å². The van der Waals surface area contributed by atoms with E-state index < -0.39 is 5.97 Å². The third-order valence-electron chi connectivity index (χ3n) is 3.77. The van der Waals surface area contributed by atoms with Crippen molar-refractivity contribution in [3.05, 3.63) is 70.9 Å². The van der Waals surface area contributed by atoms with E-state index in [2.05, 4.69) is 4.99 Å². The molecule has 0 amide bonds. The van der Waals surface area contributed by atoms with Crippen LogP contribution in [0.15, 0.2) is 59.2 Å². The van der Waals surface area contributed by atoms with Crippen molar-refractivity contribution >= 4 is 17.9 Å². The molecular formula is C20H19NO3. The standard InChI is InChI=1S/C20H19NO3/c1-14-5-3-7-16(11-14)13-18-20(22)24-19(21-18)10-9-15-6-4-8-17(12-15)23-2/h3-8,11-13H,9-10H2,1-2H3/b18-13+. The molecule has 24 heavy (non-hydrogen) atoms. The highest BCUT2D eigenvalue weighted by atomic mass is 16.6. The molecule has 0 atom stereocenters. The number of nitrogens with zero attached hydrogens (tertiary/aromatic N) is 1. The lowest BCUT2D eigenvalue weighted by Crippen LogP contribution is -2.05. The number of carbonyl (C=O) groups is 1. The summed E-state index contributed by atoms with van der Waals surface area (Å²) in [5.74, 6) is 0.886. The normalized spacial score (nSPS) is 15.3. The highest BCUT2D eigenvalue weighted by Crippen LogP contribution is 2.19. The van der Waals surface area contributed by atoms with Crippen LogP contribution < -0.4 is 4.74 Å². The fourth-order valence-corrected chi connectivity index (χ4v) is 2.56. The molecule has 1 aliphatic rings. The molecule has 0 saturated carbocycles. The molecule has 2 aromatic rings. The summed E-state index contributed by atoms with van der Waals surface area (Å²) in [7, 11) is 1.64. The predicted molar refractivity (Wildman–Crippen MR) is 94.0 cm³/mol. The summed E-state index contributed by atoms with van der Waals surface area (Å²) >= 11 is 0. The first-order valence-electron chi connectivity index (χ1n) is 7.85. The maximum absolute atomic E-state index is 12.0. The van der Waals surface area contributed by atoms with Crippen molar-refractivity contribution in [2.45, 2.75) is 19.8 Å². The maximum Gasteiger partial charge on any atom is 0.363 e. The van der Waals surface area contributed by atoms with E-state index in [1.807, 2.05) is 55.5 Å². The molecule has 0 radical (unpaired) electrons. The van der Waals surface area contributed by atoms with Gasteiger partial charge in [0.25, 0.3) is 0 Å². The fraction of sp³-hybridized carbons (Fsp3) is 0.200. The first kappa shape index (κ1) is 16.0. The lowest BCUT2D eigenvalue weighted by atomic mass is 10.1. The summed E-state index contributed by atoms with van der Waals surface area (Å²) in [6, 6.07) is 15.7. The van der Waals surface area contributed by atoms with Gasteiger partial charge < -0.3 is 9.47 Å². The summed E-state index contributed by atoms with van der Waals surface area (Å²) in [5, 5.41) is 0. The van der Waals surface area contributed by atoms with Crippen LogP contribution in [0.4, 0.5) is 0 Å². The molecule has 0 saturated heterocycles. The van der Waals surface area contributed by atoms with E-state index in [9.17, 15) is 4.79 Å². The minimum atomic E-state index is -0.392. The second-order valence-corrected chi connectivity index (χ2v) is 5.69. The van der Waals surface area contributed by atoms with Gasteiger partial charge in [-0.3, -0.25) is 0 Å². The zero-order valence-corrected chi connectivity index (χ0v) is 13.8. The van der Waals surface area contributed by atoms with Gasteiger partial charge in [0, 0.05) is 6.42 Å². The number of hydrogen-bond acceptors (Lipinski definition) is 4. The van der Waals surface area contributed by atoms with Crippen molar-refractivity contribution in [3.8, 4) is 5.75 Å². The number of ether oxygens (including phenoxy) is 2. The largest absolute Gasteiger partial charge is 0.497 e. The first-order valence-corrected chi connectivity index (χ1v) is 7.85. The number of hydrogen-bond donors (Lipinski definition) is 0. The van der Waals surface area contributed by atoms with Gasteiger partial charge in [-0.25, -0.2) is 9.79 Å². The smallest absolute Gasteiger partial charge is 0.363 e. The lowest BCUT2D eigenvalue weighted by molar-refractivity contribution is -0.130. The van der Waals surface area contributed by atoms with E-state index in [-0.39, 0.29) is 0 Å². The molecule has 0 fully saturated rings. The average Bonchev–Trinajstić information content (AvgIpc) is 2.93. The van der Waals surface area contributed by atoms with Crippen LogP contribution >= 0.6 is 0 Å². The highest BCUT2D eigenvalue weighted by Gasteiger charge is 2.22. The summed E-state index contributed by atoms with van der Waals surface area (Å²) in [5.41, 5.74) is 3.54. The topological polar surface area (TPSA) is 47.9 Å². The minimum absolute atomic E-state index is 0.348. The molecule has 1 aliphatic heterocycles. The molecular weight excluding hydrogens is 302 g/mol. The second kappa shape index (κ2) is 7.13. The summed E-state index contributed by atoms with van der Waals surface area (Å²) in [6.45, 7) is 2.01. The molecule has 1 heterocycles. The number of aryl methyl sites for hydroxylation is 2. The van der Waals surface area contributed by atoms with Crippen LogP contribution in [0.5, 0.6) is 5.75 Å². The Kier molecular flexibility index (Phi) is 4.75. The Labute approximate surface area is 141 Å². The van der Waals surface area contributed by atoms with E-state index in [1.54, 1.807) is 13.2 Å². The average molecular weight is 321 g/mol. The molecule has 122 valence electrons. The number of benzene rings is 2. The molecule has 3 rings (SSSR count). The molecule has 0 aliphatic carbocycles. The molecule has 0 N–H and O–H groups in total. The fourth-order valence-electron chi connectivity index (χ4n) is 2.56. The minimum Gasteiger partial charge on any atom is -0.497 e. The van der Waals surface area contributed by atoms with E-state index >= 15 is 0 Å². The molecule has 0 aromatic heterocycles. The van der Waals surface area contributed by atoms with Gasteiger partial charge in [0.15, 0.2) is 11.6 Å². The Hall–Kier alpha value is -2.88. The monoisotopic (exact) mass is 321 g/mol. The molecule has 0 spiro atoms. The third kappa shape index (κ3) is 3.90. The van der Waals surface area contributed by atoms with Gasteiger partial charge in [-0.15, -0.1) is 0 Å². The quantitative estimate of drug-likeness (QED) is 0.619. The van der Waals surface area contributed by atoms with Crippen LogP contribution in [0.25, 0.3) is 6.08 Å². The van der Waals surface area contributed by atoms with Crippen molar-refractivity contribution in [2.24, 2.45) is 4.99 Å². The van der Waals surface area contributed by atoms with Crippen molar-refractivity contribution in [1.82, 2.24) is 0 Å². The molecule has 0 bridgehead atoms.